The molecule has 0 radical (unpaired) electrons. The second kappa shape index (κ2) is 3.53. The summed E-state index contributed by atoms with van der Waals surface area (Å²) in [6.07, 6.45) is 2.46. The Hall–Kier alpha value is -1.16. The Kier molecular flexibility index (Phi) is 2.37. The van der Waals surface area contributed by atoms with E-state index in [2.05, 4.69) is 10.4 Å². The van der Waals surface area contributed by atoms with Crippen LogP contribution in [0.5, 0.6) is 0 Å². The average Bonchev–Trinajstić information content (AvgIpc) is 2.37. The maximum Gasteiger partial charge on any atom is 0.166 e. The number of nitrogens with one attached hydrogen (secondary N) is 1. The fraction of sp³-hybridized carbons (Fsp3) is 0.600. The SMILES string of the molecule is Cc1nn(C)cc1C(=O)CC1CNC1. The zero-order chi connectivity index (χ0) is 10.1. The monoisotopic (exact) mass is 193 g/mol. The zero-order valence-electron chi connectivity index (χ0n) is 8.58. The molecule has 2 heterocycles. The van der Waals surface area contributed by atoms with E-state index in [1.807, 2.05) is 20.2 Å². The molecule has 0 aromatic carbocycles. The van der Waals surface area contributed by atoms with E-state index in [9.17, 15) is 4.79 Å². The van der Waals surface area contributed by atoms with Gasteiger partial charge in [0.1, 0.15) is 0 Å². The number of aryl methyl sites for hydroxylation is 2. The van der Waals surface area contributed by atoms with Crippen molar-refractivity contribution in [2.45, 2.75) is 13.3 Å². The van der Waals surface area contributed by atoms with Crippen LogP contribution in [0, 0.1) is 12.8 Å². The van der Waals surface area contributed by atoms with Crippen molar-refractivity contribution in [3.05, 3.63) is 17.5 Å². The highest BCUT2D eigenvalue weighted by atomic mass is 16.1. The Bertz CT molecular complexity index is 352. The van der Waals surface area contributed by atoms with Crippen LogP contribution in [0.2, 0.25) is 0 Å². The number of aromatic nitrogens is 2. The minimum Gasteiger partial charge on any atom is -0.316 e. The number of nitrogens with zero attached hydrogens (tertiary/aromatic N) is 2. The molecule has 0 aliphatic carbocycles. The summed E-state index contributed by atoms with van der Waals surface area (Å²) in [4.78, 5) is 11.8. The summed E-state index contributed by atoms with van der Waals surface area (Å²) < 4.78 is 1.70. The van der Waals surface area contributed by atoms with E-state index >= 15 is 0 Å². The summed E-state index contributed by atoms with van der Waals surface area (Å²) >= 11 is 0. The van der Waals surface area contributed by atoms with E-state index in [0.717, 1.165) is 24.3 Å². The second-order valence-electron chi connectivity index (χ2n) is 3.95. The summed E-state index contributed by atoms with van der Waals surface area (Å²) in [6, 6.07) is 0. The first-order valence-corrected chi connectivity index (χ1v) is 4.91. The highest BCUT2D eigenvalue weighted by Crippen LogP contribution is 2.15. The number of hydrogen-bond acceptors (Lipinski definition) is 3. The van der Waals surface area contributed by atoms with Crippen LogP contribution in [0.1, 0.15) is 22.5 Å². The lowest BCUT2D eigenvalue weighted by atomic mass is 9.94. The first-order chi connectivity index (χ1) is 6.66. The summed E-state index contributed by atoms with van der Waals surface area (Å²) in [5.74, 6) is 0.754. The van der Waals surface area contributed by atoms with Gasteiger partial charge in [-0.05, 0) is 25.9 Å². The third kappa shape index (κ3) is 1.70. The van der Waals surface area contributed by atoms with E-state index in [0.29, 0.717) is 12.3 Å². The van der Waals surface area contributed by atoms with Crippen LogP contribution in [0.4, 0.5) is 0 Å². The van der Waals surface area contributed by atoms with Crippen LogP contribution in [0.3, 0.4) is 0 Å². The van der Waals surface area contributed by atoms with Crippen LogP contribution in [-0.4, -0.2) is 28.7 Å². The lowest BCUT2D eigenvalue weighted by Gasteiger charge is -2.26. The molecule has 4 heteroatoms. The number of Topliss-reactive ketones (excluding diaryl/α,β-unsaturated/α-hetero) is 1. The van der Waals surface area contributed by atoms with Gasteiger partial charge in [-0.1, -0.05) is 0 Å². The standard InChI is InChI=1S/C10H15N3O/c1-7-9(6-13(2)12-7)10(14)3-8-4-11-5-8/h6,8,11H,3-5H2,1-2H3. The van der Waals surface area contributed by atoms with Gasteiger partial charge < -0.3 is 5.32 Å². The van der Waals surface area contributed by atoms with Gasteiger partial charge in [0.05, 0.1) is 11.3 Å². The highest BCUT2D eigenvalue weighted by Gasteiger charge is 2.22. The predicted molar refractivity (Wildman–Crippen MR) is 53.3 cm³/mol. The maximum absolute atomic E-state index is 11.8. The van der Waals surface area contributed by atoms with E-state index in [-0.39, 0.29) is 5.78 Å². The summed E-state index contributed by atoms with van der Waals surface area (Å²) in [5.41, 5.74) is 1.61. The van der Waals surface area contributed by atoms with Crippen LogP contribution < -0.4 is 5.32 Å². The highest BCUT2D eigenvalue weighted by molar-refractivity contribution is 5.97. The Morgan fingerprint density at radius 3 is 2.86 bits per heavy atom. The molecule has 0 amide bonds. The molecule has 14 heavy (non-hydrogen) atoms. The third-order valence-electron chi connectivity index (χ3n) is 2.65. The molecular weight excluding hydrogens is 178 g/mol. The summed E-state index contributed by atoms with van der Waals surface area (Å²) in [6.45, 7) is 3.84. The molecular formula is C10H15N3O. The van der Waals surface area contributed by atoms with Gasteiger partial charge in [-0.15, -0.1) is 0 Å². The molecule has 1 aliphatic rings. The smallest absolute Gasteiger partial charge is 0.166 e. The van der Waals surface area contributed by atoms with Gasteiger partial charge in [-0.3, -0.25) is 9.48 Å². The van der Waals surface area contributed by atoms with Gasteiger partial charge in [0, 0.05) is 19.7 Å². The minimum atomic E-state index is 0.224. The number of ketones is 1. The summed E-state index contributed by atoms with van der Waals surface area (Å²) in [7, 11) is 1.84. The third-order valence-corrected chi connectivity index (χ3v) is 2.65. The lowest BCUT2D eigenvalue weighted by molar-refractivity contribution is 0.0945. The first-order valence-electron chi connectivity index (χ1n) is 4.91. The molecule has 1 saturated heterocycles. The molecule has 1 aromatic heterocycles. The molecule has 1 aliphatic heterocycles. The maximum atomic E-state index is 11.8. The number of carbonyl (C=O) groups excluding carboxylic acids is 1. The van der Waals surface area contributed by atoms with Crippen LogP contribution in [-0.2, 0) is 7.05 Å². The Morgan fingerprint density at radius 1 is 1.71 bits per heavy atom. The van der Waals surface area contributed by atoms with Crippen LogP contribution in [0.15, 0.2) is 6.20 Å². The topological polar surface area (TPSA) is 46.9 Å². The number of carbonyl (C=O) groups is 1. The average molecular weight is 193 g/mol. The molecule has 1 N–H and O–H groups in total. The van der Waals surface area contributed by atoms with Crippen molar-refractivity contribution in [2.75, 3.05) is 13.1 Å². The number of hydrogen-bond donors (Lipinski definition) is 1. The predicted octanol–water partition coefficient (Wildman–Crippen LogP) is 0.521. The Morgan fingerprint density at radius 2 is 2.43 bits per heavy atom. The van der Waals surface area contributed by atoms with Crippen molar-refractivity contribution in [3.8, 4) is 0 Å². The van der Waals surface area contributed by atoms with Gasteiger partial charge in [0.25, 0.3) is 0 Å². The molecule has 4 nitrogen and oxygen atoms in total. The first kappa shape index (κ1) is 9.40. The zero-order valence-corrected chi connectivity index (χ0v) is 8.58. The molecule has 1 fully saturated rings. The Balaban J connectivity index is 2.06. The van der Waals surface area contributed by atoms with Gasteiger partial charge in [-0.2, -0.15) is 5.10 Å². The van der Waals surface area contributed by atoms with E-state index in [4.69, 9.17) is 0 Å². The van der Waals surface area contributed by atoms with Crippen molar-refractivity contribution in [1.82, 2.24) is 15.1 Å². The van der Waals surface area contributed by atoms with Crippen LogP contribution >= 0.6 is 0 Å². The van der Waals surface area contributed by atoms with E-state index in [1.54, 1.807) is 4.68 Å². The molecule has 0 unspecified atom stereocenters. The fourth-order valence-electron chi connectivity index (χ4n) is 1.74. The van der Waals surface area contributed by atoms with Crippen molar-refractivity contribution in [1.29, 1.82) is 0 Å². The number of rotatable bonds is 3. The quantitative estimate of drug-likeness (QED) is 0.712. The van der Waals surface area contributed by atoms with Crippen molar-refractivity contribution in [2.24, 2.45) is 13.0 Å². The van der Waals surface area contributed by atoms with Crippen molar-refractivity contribution in [3.63, 3.8) is 0 Å². The van der Waals surface area contributed by atoms with Gasteiger partial charge >= 0.3 is 0 Å². The van der Waals surface area contributed by atoms with Gasteiger partial charge in [0.2, 0.25) is 0 Å². The van der Waals surface area contributed by atoms with E-state index < -0.39 is 0 Å². The fourth-order valence-corrected chi connectivity index (χ4v) is 1.74. The summed E-state index contributed by atoms with van der Waals surface area (Å²) in [5, 5.41) is 7.33. The molecule has 2 rings (SSSR count). The Labute approximate surface area is 83.3 Å². The van der Waals surface area contributed by atoms with E-state index in [1.165, 1.54) is 0 Å². The minimum absolute atomic E-state index is 0.224. The lowest BCUT2D eigenvalue weighted by Crippen LogP contribution is -2.42. The molecule has 0 atom stereocenters. The molecule has 0 spiro atoms. The second-order valence-corrected chi connectivity index (χ2v) is 3.95. The molecule has 0 saturated carbocycles. The van der Waals surface area contributed by atoms with Crippen LogP contribution in [0.25, 0.3) is 0 Å². The molecule has 1 aromatic rings. The van der Waals surface area contributed by atoms with Crippen molar-refractivity contribution >= 4 is 5.78 Å². The largest absolute Gasteiger partial charge is 0.316 e. The normalized spacial score (nSPS) is 16.7. The molecule has 76 valence electrons. The van der Waals surface area contributed by atoms with Gasteiger partial charge in [0.15, 0.2) is 5.78 Å². The molecule has 0 bridgehead atoms. The van der Waals surface area contributed by atoms with Gasteiger partial charge in [-0.25, -0.2) is 0 Å². The van der Waals surface area contributed by atoms with Crippen molar-refractivity contribution < 1.29 is 4.79 Å².